The molecule has 4 aromatic rings. The minimum absolute atomic E-state index is 0.514. The van der Waals surface area contributed by atoms with Crippen LogP contribution in [-0.2, 0) is 6.54 Å². The largest absolute Gasteiger partial charge is 0.362 e. The van der Waals surface area contributed by atoms with Crippen LogP contribution in [0.15, 0.2) is 65.4 Å². The number of rotatable bonds is 4. The molecule has 5 nitrogen and oxygen atoms in total. The number of hydrogen-bond acceptors (Lipinski definition) is 5. The van der Waals surface area contributed by atoms with E-state index in [4.69, 9.17) is 4.52 Å². The lowest BCUT2D eigenvalue weighted by Crippen LogP contribution is -2.01. The van der Waals surface area contributed by atoms with Gasteiger partial charge in [0.1, 0.15) is 17.8 Å². The van der Waals surface area contributed by atoms with Crippen molar-refractivity contribution in [3.05, 3.63) is 72.2 Å². The van der Waals surface area contributed by atoms with Crippen molar-refractivity contribution in [2.75, 3.05) is 5.32 Å². The lowest BCUT2D eigenvalue weighted by molar-refractivity contribution is 0.390. The number of anilines is 1. The fourth-order valence-corrected chi connectivity index (χ4v) is 2.57. The summed E-state index contributed by atoms with van der Waals surface area (Å²) in [6.07, 6.45) is 1.56. The van der Waals surface area contributed by atoms with Gasteiger partial charge in [0.25, 0.3) is 0 Å². The minimum atomic E-state index is 0.514. The summed E-state index contributed by atoms with van der Waals surface area (Å²) >= 11 is 0. The van der Waals surface area contributed by atoms with Crippen LogP contribution in [0.3, 0.4) is 0 Å². The zero-order chi connectivity index (χ0) is 16.4. The Morgan fingerprint density at radius 1 is 1.00 bits per heavy atom. The van der Waals surface area contributed by atoms with Gasteiger partial charge in [0, 0.05) is 17.0 Å². The average molecular weight is 316 g/mol. The highest BCUT2D eigenvalue weighted by Gasteiger charge is 2.08. The number of nitrogens with zero attached hydrogens (tertiary/aromatic N) is 3. The predicted molar refractivity (Wildman–Crippen MR) is 93.5 cm³/mol. The Labute approximate surface area is 139 Å². The van der Waals surface area contributed by atoms with Crippen LogP contribution in [0.5, 0.6) is 0 Å². The Morgan fingerprint density at radius 3 is 2.71 bits per heavy atom. The average Bonchev–Trinajstić information content (AvgIpc) is 3.09. The first-order chi connectivity index (χ1) is 11.8. The van der Waals surface area contributed by atoms with Gasteiger partial charge < -0.3 is 9.84 Å². The summed E-state index contributed by atoms with van der Waals surface area (Å²) in [7, 11) is 0. The second-order valence-electron chi connectivity index (χ2n) is 5.64. The third-order valence-corrected chi connectivity index (χ3v) is 3.88. The summed E-state index contributed by atoms with van der Waals surface area (Å²) in [6.45, 7) is 2.58. The van der Waals surface area contributed by atoms with Crippen LogP contribution >= 0.6 is 0 Å². The van der Waals surface area contributed by atoms with E-state index >= 15 is 0 Å². The molecule has 5 heteroatoms. The second-order valence-corrected chi connectivity index (χ2v) is 5.64. The number of hydrogen-bond donors (Lipinski definition) is 1. The maximum Gasteiger partial charge on any atom is 0.156 e. The SMILES string of the molecule is Cc1ccc(-c2cc(CNc3ncnc4ccccc34)on2)cc1. The molecule has 4 rings (SSSR count). The first-order valence-electron chi connectivity index (χ1n) is 7.76. The molecule has 0 atom stereocenters. The lowest BCUT2D eigenvalue weighted by atomic mass is 10.1. The fraction of sp³-hybridized carbons (Fsp3) is 0.105. The molecule has 0 saturated heterocycles. The molecule has 0 aliphatic rings. The fourth-order valence-electron chi connectivity index (χ4n) is 2.57. The topological polar surface area (TPSA) is 63.8 Å². The van der Waals surface area contributed by atoms with Gasteiger partial charge in [-0.05, 0) is 19.1 Å². The highest BCUT2D eigenvalue weighted by molar-refractivity contribution is 5.88. The van der Waals surface area contributed by atoms with E-state index in [1.807, 2.05) is 42.5 Å². The van der Waals surface area contributed by atoms with Gasteiger partial charge in [-0.1, -0.05) is 47.1 Å². The van der Waals surface area contributed by atoms with Crippen molar-refractivity contribution >= 4 is 16.7 Å². The Hall–Kier alpha value is -3.21. The maximum absolute atomic E-state index is 5.43. The van der Waals surface area contributed by atoms with Gasteiger partial charge in [-0.25, -0.2) is 9.97 Å². The summed E-state index contributed by atoms with van der Waals surface area (Å²) in [5, 5.41) is 8.42. The van der Waals surface area contributed by atoms with E-state index in [2.05, 4.69) is 39.5 Å². The molecule has 0 fully saturated rings. The van der Waals surface area contributed by atoms with E-state index in [1.54, 1.807) is 6.33 Å². The molecule has 0 aliphatic heterocycles. The third-order valence-electron chi connectivity index (χ3n) is 3.88. The summed E-state index contributed by atoms with van der Waals surface area (Å²) in [4.78, 5) is 8.57. The maximum atomic E-state index is 5.43. The van der Waals surface area contributed by atoms with Gasteiger partial charge >= 0.3 is 0 Å². The number of aromatic nitrogens is 3. The molecule has 0 amide bonds. The number of nitrogens with one attached hydrogen (secondary N) is 1. The number of fused-ring (bicyclic) bond motifs is 1. The van der Waals surface area contributed by atoms with Crippen LogP contribution in [0.4, 0.5) is 5.82 Å². The molecule has 2 aromatic carbocycles. The number of para-hydroxylation sites is 1. The molecule has 0 aliphatic carbocycles. The summed E-state index contributed by atoms with van der Waals surface area (Å²) < 4.78 is 5.43. The van der Waals surface area contributed by atoms with Gasteiger partial charge in [0.2, 0.25) is 0 Å². The Morgan fingerprint density at radius 2 is 1.83 bits per heavy atom. The quantitative estimate of drug-likeness (QED) is 0.611. The monoisotopic (exact) mass is 316 g/mol. The van der Waals surface area contributed by atoms with Gasteiger partial charge in [-0.15, -0.1) is 0 Å². The second kappa shape index (κ2) is 6.12. The summed E-state index contributed by atoms with van der Waals surface area (Å²) in [6, 6.07) is 18.1. The van der Waals surface area contributed by atoms with Crippen LogP contribution in [-0.4, -0.2) is 15.1 Å². The zero-order valence-corrected chi connectivity index (χ0v) is 13.2. The molecular weight excluding hydrogens is 300 g/mol. The molecule has 0 saturated carbocycles. The van der Waals surface area contributed by atoms with E-state index in [0.29, 0.717) is 6.54 Å². The van der Waals surface area contributed by atoms with Crippen molar-refractivity contribution in [1.29, 1.82) is 0 Å². The normalized spacial score (nSPS) is 10.9. The molecule has 0 bridgehead atoms. The van der Waals surface area contributed by atoms with Crippen LogP contribution in [0.1, 0.15) is 11.3 Å². The molecular formula is C19H16N4O. The van der Waals surface area contributed by atoms with Crippen LogP contribution in [0.2, 0.25) is 0 Å². The molecule has 0 spiro atoms. The smallest absolute Gasteiger partial charge is 0.156 e. The first kappa shape index (κ1) is 14.4. The minimum Gasteiger partial charge on any atom is -0.362 e. The summed E-state index contributed by atoms with van der Waals surface area (Å²) in [5.41, 5.74) is 4.01. The van der Waals surface area contributed by atoms with Crippen molar-refractivity contribution in [3.8, 4) is 11.3 Å². The molecule has 0 unspecified atom stereocenters. The molecule has 118 valence electrons. The Bertz CT molecular complexity index is 971. The predicted octanol–water partition coefficient (Wildman–Crippen LogP) is 4.21. The third kappa shape index (κ3) is 2.84. The Balaban J connectivity index is 1.53. The zero-order valence-electron chi connectivity index (χ0n) is 13.2. The highest BCUT2D eigenvalue weighted by Crippen LogP contribution is 2.22. The van der Waals surface area contributed by atoms with Gasteiger partial charge in [0.05, 0.1) is 12.1 Å². The van der Waals surface area contributed by atoms with Crippen LogP contribution in [0, 0.1) is 6.92 Å². The molecule has 0 radical (unpaired) electrons. The Kier molecular flexibility index (Phi) is 3.67. The van der Waals surface area contributed by atoms with Crippen molar-refractivity contribution in [2.45, 2.75) is 13.5 Å². The number of benzene rings is 2. The standard InChI is InChI=1S/C19H16N4O/c1-13-6-8-14(9-7-13)18-10-15(24-23-18)11-20-19-16-4-2-3-5-17(16)21-12-22-19/h2-10,12H,11H2,1H3,(H,20,21,22). The van der Waals surface area contributed by atoms with Crippen LogP contribution in [0.25, 0.3) is 22.2 Å². The van der Waals surface area contributed by atoms with Crippen molar-refractivity contribution in [2.24, 2.45) is 0 Å². The van der Waals surface area contributed by atoms with Crippen molar-refractivity contribution in [3.63, 3.8) is 0 Å². The van der Waals surface area contributed by atoms with E-state index in [1.165, 1.54) is 5.56 Å². The van der Waals surface area contributed by atoms with Crippen molar-refractivity contribution < 1.29 is 4.52 Å². The van der Waals surface area contributed by atoms with Gasteiger partial charge in [-0.2, -0.15) is 0 Å². The molecule has 24 heavy (non-hydrogen) atoms. The highest BCUT2D eigenvalue weighted by atomic mass is 16.5. The van der Waals surface area contributed by atoms with Gasteiger partial charge in [-0.3, -0.25) is 0 Å². The number of aryl methyl sites for hydroxylation is 1. The lowest BCUT2D eigenvalue weighted by Gasteiger charge is -2.05. The van der Waals surface area contributed by atoms with E-state index < -0.39 is 0 Å². The first-order valence-corrected chi connectivity index (χ1v) is 7.76. The van der Waals surface area contributed by atoms with E-state index in [9.17, 15) is 0 Å². The van der Waals surface area contributed by atoms with Crippen molar-refractivity contribution in [1.82, 2.24) is 15.1 Å². The molecule has 1 N–H and O–H groups in total. The van der Waals surface area contributed by atoms with E-state index in [-0.39, 0.29) is 0 Å². The molecule has 2 aromatic heterocycles. The molecule has 2 heterocycles. The van der Waals surface area contributed by atoms with Crippen LogP contribution < -0.4 is 5.32 Å². The van der Waals surface area contributed by atoms with Gasteiger partial charge in [0.15, 0.2) is 5.76 Å². The summed E-state index contributed by atoms with van der Waals surface area (Å²) in [5.74, 6) is 1.54. The van der Waals surface area contributed by atoms with E-state index in [0.717, 1.165) is 33.7 Å².